The van der Waals surface area contributed by atoms with E-state index in [0.29, 0.717) is 25.0 Å². The molecule has 1 aromatic rings. The maximum absolute atomic E-state index is 12.4. The number of hydrogen-bond acceptors (Lipinski definition) is 7. The molecule has 0 unspecified atom stereocenters. The summed E-state index contributed by atoms with van der Waals surface area (Å²) in [6.45, 7) is 7.66. The molecule has 2 heterocycles. The van der Waals surface area contributed by atoms with E-state index in [2.05, 4.69) is 34.0 Å². The summed E-state index contributed by atoms with van der Waals surface area (Å²) in [5.41, 5.74) is 5.70. The number of nitrogens with one attached hydrogen (secondary N) is 1. The molecule has 3 N–H and O–H groups in total. The SMILES string of the molecule is COCCN(C)CC(=O)N[C@H]1CN(c2ccnc(N)n2)C[C@@H]1C(C)C. The second-order valence-electron chi connectivity index (χ2n) is 6.99. The Labute approximate surface area is 149 Å². The molecule has 0 aliphatic carbocycles. The van der Waals surface area contributed by atoms with Gasteiger partial charge in [-0.15, -0.1) is 0 Å². The fourth-order valence-electron chi connectivity index (χ4n) is 3.21. The number of hydrogen-bond donors (Lipinski definition) is 2. The van der Waals surface area contributed by atoms with Crippen LogP contribution < -0.4 is 16.0 Å². The van der Waals surface area contributed by atoms with E-state index in [4.69, 9.17) is 10.5 Å². The van der Waals surface area contributed by atoms with Gasteiger partial charge in [-0.2, -0.15) is 4.98 Å². The van der Waals surface area contributed by atoms with Gasteiger partial charge in [-0.1, -0.05) is 13.8 Å². The molecule has 1 fully saturated rings. The molecule has 8 nitrogen and oxygen atoms in total. The first-order valence-corrected chi connectivity index (χ1v) is 8.71. The van der Waals surface area contributed by atoms with Crippen molar-refractivity contribution in [1.29, 1.82) is 0 Å². The van der Waals surface area contributed by atoms with Crippen molar-refractivity contribution in [3.63, 3.8) is 0 Å². The van der Waals surface area contributed by atoms with Crippen LogP contribution in [0.1, 0.15) is 13.8 Å². The number of carbonyl (C=O) groups is 1. The Bertz CT molecular complexity index is 568. The van der Waals surface area contributed by atoms with Crippen LogP contribution in [0.5, 0.6) is 0 Å². The van der Waals surface area contributed by atoms with Gasteiger partial charge in [0.05, 0.1) is 19.2 Å². The second-order valence-corrected chi connectivity index (χ2v) is 6.99. The minimum Gasteiger partial charge on any atom is -0.383 e. The molecule has 8 heteroatoms. The summed E-state index contributed by atoms with van der Waals surface area (Å²) in [5.74, 6) is 1.95. The average molecular weight is 350 g/mol. The smallest absolute Gasteiger partial charge is 0.234 e. The lowest BCUT2D eigenvalue weighted by atomic mass is 9.91. The highest BCUT2D eigenvalue weighted by molar-refractivity contribution is 5.78. The number of ether oxygens (including phenoxy) is 1. The maximum Gasteiger partial charge on any atom is 0.234 e. The number of likely N-dealkylation sites (N-methyl/N-ethyl adjacent to an activating group) is 1. The van der Waals surface area contributed by atoms with Crippen LogP contribution in [0.3, 0.4) is 0 Å². The van der Waals surface area contributed by atoms with Gasteiger partial charge in [0.15, 0.2) is 0 Å². The third-order valence-electron chi connectivity index (χ3n) is 4.64. The topological polar surface area (TPSA) is 96.6 Å². The third kappa shape index (κ3) is 5.54. The molecular formula is C17H30N6O2. The summed E-state index contributed by atoms with van der Waals surface area (Å²) < 4.78 is 5.05. The number of nitrogen functional groups attached to an aromatic ring is 1. The second kappa shape index (κ2) is 8.96. The lowest BCUT2D eigenvalue weighted by Crippen LogP contribution is -2.46. The van der Waals surface area contributed by atoms with E-state index < -0.39 is 0 Å². The molecule has 1 saturated heterocycles. The van der Waals surface area contributed by atoms with E-state index >= 15 is 0 Å². The number of rotatable bonds is 8. The van der Waals surface area contributed by atoms with Crippen molar-refractivity contribution in [1.82, 2.24) is 20.2 Å². The van der Waals surface area contributed by atoms with Crippen molar-refractivity contribution in [3.05, 3.63) is 12.3 Å². The largest absolute Gasteiger partial charge is 0.383 e. The maximum atomic E-state index is 12.4. The first-order valence-electron chi connectivity index (χ1n) is 8.71. The molecule has 2 atom stereocenters. The Kier molecular flexibility index (Phi) is 6.95. The highest BCUT2D eigenvalue weighted by atomic mass is 16.5. The van der Waals surface area contributed by atoms with Crippen molar-refractivity contribution in [2.45, 2.75) is 19.9 Å². The lowest BCUT2D eigenvalue weighted by Gasteiger charge is -2.24. The predicted octanol–water partition coefficient (Wildman–Crippen LogP) is 0.214. The standard InChI is InChI=1S/C17H30N6O2/c1-12(2)13-9-23(15-5-6-19-17(18)21-15)10-14(13)20-16(24)11-22(3)7-8-25-4/h5-6,12-14H,7-11H2,1-4H3,(H,20,24)(H2,18,19,21)/t13-,14+/m1/s1. The number of carbonyl (C=O) groups excluding carboxylic acids is 1. The molecule has 0 bridgehead atoms. The van der Waals surface area contributed by atoms with Gasteiger partial charge in [0.1, 0.15) is 5.82 Å². The van der Waals surface area contributed by atoms with Crippen LogP contribution in [0, 0.1) is 11.8 Å². The van der Waals surface area contributed by atoms with E-state index in [1.54, 1.807) is 13.3 Å². The quantitative estimate of drug-likeness (QED) is 0.692. The van der Waals surface area contributed by atoms with E-state index in [0.717, 1.165) is 25.5 Å². The molecule has 0 aromatic carbocycles. The number of nitrogens with zero attached hydrogens (tertiary/aromatic N) is 4. The molecule has 0 saturated carbocycles. The summed E-state index contributed by atoms with van der Waals surface area (Å²) in [6, 6.07) is 1.95. The van der Waals surface area contributed by atoms with E-state index in [1.165, 1.54) is 0 Å². The summed E-state index contributed by atoms with van der Waals surface area (Å²) in [6.07, 6.45) is 1.67. The number of nitrogens with two attached hydrogens (primary N) is 1. The first kappa shape index (κ1) is 19.4. The highest BCUT2D eigenvalue weighted by Crippen LogP contribution is 2.27. The fourth-order valence-corrected chi connectivity index (χ4v) is 3.21. The molecule has 140 valence electrons. The minimum atomic E-state index is 0.0401. The van der Waals surface area contributed by atoms with Crippen LogP contribution in [-0.2, 0) is 9.53 Å². The summed E-state index contributed by atoms with van der Waals surface area (Å²) in [5, 5.41) is 3.19. The van der Waals surface area contributed by atoms with Crippen molar-refractivity contribution < 1.29 is 9.53 Å². The van der Waals surface area contributed by atoms with Gasteiger partial charge in [-0.25, -0.2) is 4.98 Å². The number of aromatic nitrogens is 2. The molecule has 1 aliphatic rings. The summed E-state index contributed by atoms with van der Waals surface area (Å²) >= 11 is 0. The van der Waals surface area contributed by atoms with Crippen molar-refractivity contribution >= 4 is 17.7 Å². The molecule has 0 spiro atoms. The van der Waals surface area contributed by atoms with Crippen LogP contribution in [0.4, 0.5) is 11.8 Å². The molecular weight excluding hydrogens is 320 g/mol. The zero-order valence-corrected chi connectivity index (χ0v) is 15.6. The highest BCUT2D eigenvalue weighted by Gasteiger charge is 2.36. The minimum absolute atomic E-state index is 0.0401. The average Bonchev–Trinajstić information content (AvgIpc) is 2.96. The Balaban J connectivity index is 1.97. The Morgan fingerprint density at radius 2 is 2.28 bits per heavy atom. The van der Waals surface area contributed by atoms with E-state index in [9.17, 15) is 4.79 Å². The fraction of sp³-hybridized carbons (Fsp3) is 0.706. The van der Waals surface area contributed by atoms with Gasteiger partial charge in [-0.3, -0.25) is 9.69 Å². The van der Waals surface area contributed by atoms with Crippen LogP contribution >= 0.6 is 0 Å². The van der Waals surface area contributed by atoms with Gasteiger partial charge in [0.25, 0.3) is 0 Å². The Morgan fingerprint density at radius 3 is 2.92 bits per heavy atom. The predicted molar refractivity (Wildman–Crippen MR) is 98.3 cm³/mol. The number of amides is 1. The molecule has 1 aromatic heterocycles. The molecule has 1 aliphatic heterocycles. The van der Waals surface area contributed by atoms with Crippen LogP contribution in [-0.4, -0.2) is 73.8 Å². The molecule has 1 amide bonds. The van der Waals surface area contributed by atoms with Crippen molar-refractivity contribution in [2.75, 3.05) is 57.6 Å². The molecule has 0 radical (unpaired) electrons. The molecule has 2 rings (SSSR count). The third-order valence-corrected chi connectivity index (χ3v) is 4.64. The van der Waals surface area contributed by atoms with Crippen molar-refractivity contribution in [3.8, 4) is 0 Å². The van der Waals surface area contributed by atoms with Gasteiger partial charge in [0.2, 0.25) is 11.9 Å². The van der Waals surface area contributed by atoms with Gasteiger partial charge in [0, 0.05) is 38.9 Å². The van der Waals surface area contributed by atoms with Crippen LogP contribution in [0.15, 0.2) is 12.3 Å². The monoisotopic (exact) mass is 350 g/mol. The Morgan fingerprint density at radius 1 is 1.52 bits per heavy atom. The summed E-state index contributed by atoms with van der Waals surface area (Å²) in [7, 11) is 3.58. The zero-order chi connectivity index (χ0) is 18.4. The van der Waals surface area contributed by atoms with E-state index in [-0.39, 0.29) is 17.9 Å². The van der Waals surface area contributed by atoms with E-state index in [1.807, 2.05) is 18.0 Å². The number of anilines is 2. The number of methoxy groups -OCH3 is 1. The Hall–Kier alpha value is -1.93. The van der Waals surface area contributed by atoms with Gasteiger partial charge in [-0.05, 0) is 19.0 Å². The van der Waals surface area contributed by atoms with Gasteiger partial charge >= 0.3 is 0 Å². The van der Waals surface area contributed by atoms with Crippen LogP contribution in [0.2, 0.25) is 0 Å². The summed E-state index contributed by atoms with van der Waals surface area (Å²) in [4.78, 5) is 24.8. The van der Waals surface area contributed by atoms with Crippen molar-refractivity contribution in [2.24, 2.45) is 11.8 Å². The van der Waals surface area contributed by atoms with Crippen LogP contribution in [0.25, 0.3) is 0 Å². The van der Waals surface area contributed by atoms with Gasteiger partial charge < -0.3 is 20.7 Å². The first-order chi connectivity index (χ1) is 11.9. The molecule has 25 heavy (non-hydrogen) atoms. The lowest BCUT2D eigenvalue weighted by molar-refractivity contribution is -0.123. The normalized spacial score (nSPS) is 20.5. The zero-order valence-electron chi connectivity index (χ0n) is 15.6.